The van der Waals surface area contributed by atoms with Gasteiger partial charge >= 0.3 is 5.97 Å². The minimum atomic E-state index is -0.763. The molecule has 0 radical (unpaired) electrons. The van der Waals surface area contributed by atoms with Gasteiger partial charge in [0.1, 0.15) is 0 Å². The van der Waals surface area contributed by atoms with Gasteiger partial charge in [-0.1, -0.05) is 27.7 Å². The molecule has 0 bridgehead atoms. The number of ether oxygens (including phenoxy) is 1. The molecule has 0 aromatic rings. The minimum absolute atomic E-state index is 0.121. The van der Waals surface area contributed by atoms with Crippen molar-refractivity contribution in [2.75, 3.05) is 19.7 Å². The molecule has 4 nitrogen and oxygen atoms in total. The molecule has 0 spiro atoms. The molecular formula is C16H29NO3. The molecule has 20 heavy (non-hydrogen) atoms. The van der Waals surface area contributed by atoms with Crippen molar-refractivity contribution in [2.24, 2.45) is 10.8 Å². The Morgan fingerprint density at radius 3 is 2.40 bits per heavy atom. The minimum Gasteiger partial charge on any atom is -0.481 e. The molecule has 1 N–H and O–H groups in total. The maximum absolute atomic E-state index is 10.9. The predicted octanol–water partition coefficient (Wildman–Crippen LogP) is 2.77. The third-order valence-electron chi connectivity index (χ3n) is 4.62. The molecule has 116 valence electrons. The second-order valence-corrected chi connectivity index (χ2v) is 8.15. The van der Waals surface area contributed by atoms with Crippen LogP contribution in [0.4, 0.5) is 0 Å². The van der Waals surface area contributed by atoms with Crippen LogP contribution >= 0.6 is 0 Å². The molecule has 0 aromatic carbocycles. The second kappa shape index (κ2) is 5.64. The largest absolute Gasteiger partial charge is 0.481 e. The quantitative estimate of drug-likeness (QED) is 0.865. The Balaban J connectivity index is 2.01. The van der Waals surface area contributed by atoms with E-state index in [2.05, 4.69) is 32.6 Å². The summed E-state index contributed by atoms with van der Waals surface area (Å²) in [5.41, 5.74) is 0.736. The van der Waals surface area contributed by atoms with Crippen molar-refractivity contribution in [3.05, 3.63) is 0 Å². The zero-order valence-electron chi connectivity index (χ0n) is 13.3. The number of carbonyl (C=O) groups is 1. The fourth-order valence-corrected chi connectivity index (χ4v) is 4.44. The van der Waals surface area contributed by atoms with Crippen molar-refractivity contribution in [1.29, 1.82) is 0 Å². The average molecular weight is 283 g/mol. The Kier molecular flexibility index (Phi) is 4.45. The lowest BCUT2D eigenvalue weighted by molar-refractivity contribution is -0.143. The van der Waals surface area contributed by atoms with Crippen molar-refractivity contribution in [1.82, 2.24) is 4.90 Å². The lowest BCUT2D eigenvalue weighted by Gasteiger charge is -2.50. The van der Waals surface area contributed by atoms with Crippen molar-refractivity contribution in [3.8, 4) is 0 Å². The summed E-state index contributed by atoms with van der Waals surface area (Å²) >= 11 is 0. The molecular weight excluding hydrogens is 254 g/mol. The van der Waals surface area contributed by atoms with Crippen LogP contribution in [0.1, 0.15) is 53.4 Å². The number of carboxylic acids is 1. The first kappa shape index (κ1) is 15.8. The van der Waals surface area contributed by atoms with Crippen LogP contribution in [-0.2, 0) is 9.53 Å². The molecule has 1 saturated heterocycles. The zero-order valence-corrected chi connectivity index (χ0v) is 13.3. The molecule has 1 aliphatic carbocycles. The molecule has 4 heteroatoms. The first-order valence-corrected chi connectivity index (χ1v) is 7.74. The van der Waals surface area contributed by atoms with E-state index >= 15 is 0 Å². The van der Waals surface area contributed by atoms with Crippen LogP contribution < -0.4 is 0 Å². The third kappa shape index (κ3) is 4.19. The molecule has 1 unspecified atom stereocenters. The molecule has 2 fully saturated rings. The van der Waals surface area contributed by atoms with Gasteiger partial charge in [-0.2, -0.15) is 0 Å². The van der Waals surface area contributed by atoms with E-state index in [-0.39, 0.29) is 12.5 Å². The SMILES string of the molecule is CC1(C)CC(N2CCOC(CC(=O)O)C2)CC(C)(C)C1. The van der Waals surface area contributed by atoms with Crippen LogP contribution in [-0.4, -0.2) is 47.8 Å². The predicted molar refractivity (Wildman–Crippen MR) is 78.8 cm³/mol. The smallest absolute Gasteiger partial charge is 0.306 e. The fraction of sp³-hybridized carbons (Fsp3) is 0.938. The summed E-state index contributed by atoms with van der Waals surface area (Å²) < 4.78 is 5.59. The number of morpholine rings is 1. The van der Waals surface area contributed by atoms with E-state index in [0.717, 1.165) is 13.1 Å². The van der Waals surface area contributed by atoms with Crippen LogP contribution in [0.15, 0.2) is 0 Å². The maximum atomic E-state index is 10.9. The summed E-state index contributed by atoms with van der Waals surface area (Å²) in [6.45, 7) is 11.8. The van der Waals surface area contributed by atoms with Gasteiger partial charge in [-0.3, -0.25) is 9.69 Å². The van der Waals surface area contributed by atoms with Gasteiger partial charge in [0.15, 0.2) is 0 Å². The number of carboxylic acid groups (broad SMARTS) is 1. The van der Waals surface area contributed by atoms with Gasteiger partial charge in [-0.15, -0.1) is 0 Å². The summed E-state index contributed by atoms with van der Waals surface area (Å²) in [6.07, 6.45) is 3.65. The summed E-state index contributed by atoms with van der Waals surface area (Å²) in [5, 5.41) is 8.93. The number of hydrogen-bond donors (Lipinski definition) is 1. The van der Waals surface area contributed by atoms with Gasteiger partial charge in [0.05, 0.1) is 19.1 Å². The van der Waals surface area contributed by atoms with Crippen LogP contribution in [0.2, 0.25) is 0 Å². The molecule has 1 heterocycles. The molecule has 0 aromatic heterocycles. The highest BCUT2D eigenvalue weighted by Crippen LogP contribution is 2.47. The van der Waals surface area contributed by atoms with Crippen molar-refractivity contribution in [2.45, 2.75) is 65.5 Å². The van der Waals surface area contributed by atoms with Crippen molar-refractivity contribution in [3.63, 3.8) is 0 Å². The molecule has 1 saturated carbocycles. The molecule has 2 aliphatic rings. The Hall–Kier alpha value is -0.610. The second-order valence-electron chi connectivity index (χ2n) is 8.15. The van der Waals surface area contributed by atoms with E-state index in [1.165, 1.54) is 19.3 Å². The summed E-state index contributed by atoms with van der Waals surface area (Å²) in [7, 11) is 0. The van der Waals surface area contributed by atoms with Crippen LogP contribution in [0, 0.1) is 10.8 Å². The molecule has 1 atom stereocenters. The van der Waals surface area contributed by atoms with Crippen LogP contribution in [0.25, 0.3) is 0 Å². The number of hydrogen-bond acceptors (Lipinski definition) is 3. The van der Waals surface area contributed by atoms with E-state index in [1.54, 1.807) is 0 Å². The summed E-state index contributed by atoms with van der Waals surface area (Å²) in [4.78, 5) is 13.3. The number of nitrogens with zero attached hydrogens (tertiary/aromatic N) is 1. The van der Waals surface area contributed by atoms with E-state index in [9.17, 15) is 4.79 Å². The number of aliphatic carboxylic acids is 1. The monoisotopic (exact) mass is 283 g/mol. The summed E-state index contributed by atoms with van der Waals surface area (Å²) in [5.74, 6) is -0.763. The fourth-order valence-electron chi connectivity index (χ4n) is 4.44. The van der Waals surface area contributed by atoms with Gasteiger partial charge in [-0.25, -0.2) is 0 Å². The van der Waals surface area contributed by atoms with Crippen LogP contribution in [0.5, 0.6) is 0 Å². The van der Waals surface area contributed by atoms with E-state index in [4.69, 9.17) is 9.84 Å². The number of rotatable bonds is 3. The van der Waals surface area contributed by atoms with E-state index < -0.39 is 5.97 Å². The van der Waals surface area contributed by atoms with Crippen molar-refractivity contribution < 1.29 is 14.6 Å². The lowest BCUT2D eigenvalue weighted by Crippen LogP contribution is -2.52. The van der Waals surface area contributed by atoms with Gasteiger partial charge < -0.3 is 9.84 Å². The van der Waals surface area contributed by atoms with Gasteiger partial charge in [0.2, 0.25) is 0 Å². The standard InChI is InChI=1S/C16H29NO3/c1-15(2)8-12(9-16(3,4)11-15)17-5-6-20-13(10-17)7-14(18)19/h12-13H,5-11H2,1-4H3,(H,18,19). The van der Waals surface area contributed by atoms with Gasteiger partial charge in [-0.05, 0) is 30.1 Å². The molecule has 1 aliphatic heterocycles. The highest BCUT2D eigenvalue weighted by molar-refractivity contribution is 5.67. The topological polar surface area (TPSA) is 49.8 Å². The Morgan fingerprint density at radius 2 is 1.85 bits per heavy atom. The van der Waals surface area contributed by atoms with E-state index in [1.807, 2.05) is 0 Å². The molecule has 0 amide bonds. The van der Waals surface area contributed by atoms with Gasteiger partial charge in [0, 0.05) is 19.1 Å². The highest BCUT2D eigenvalue weighted by Gasteiger charge is 2.41. The molecule has 2 rings (SSSR count). The third-order valence-corrected chi connectivity index (χ3v) is 4.62. The lowest BCUT2D eigenvalue weighted by atomic mass is 9.63. The van der Waals surface area contributed by atoms with Gasteiger partial charge in [0.25, 0.3) is 0 Å². The Bertz CT molecular complexity index is 349. The van der Waals surface area contributed by atoms with E-state index in [0.29, 0.717) is 23.5 Å². The average Bonchev–Trinajstić information content (AvgIpc) is 2.24. The van der Waals surface area contributed by atoms with Crippen molar-refractivity contribution >= 4 is 5.97 Å². The Labute approximate surface area is 122 Å². The highest BCUT2D eigenvalue weighted by atomic mass is 16.5. The first-order valence-electron chi connectivity index (χ1n) is 7.74. The Morgan fingerprint density at radius 1 is 1.25 bits per heavy atom. The normalized spacial score (nSPS) is 31.1. The van der Waals surface area contributed by atoms with Crippen LogP contribution in [0.3, 0.4) is 0 Å². The maximum Gasteiger partial charge on any atom is 0.306 e. The first-order chi connectivity index (χ1) is 9.17. The zero-order chi connectivity index (χ0) is 15.0. The summed E-state index contributed by atoms with van der Waals surface area (Å²) in [6, 6.07) is 0.564.